The number of furan rings is 1. The zero-order chi connectivity index (χ0) is 14.9. The quantitative estimate of drug-likeness (QED) is 0.580. The maximum atomic E-state index is 5.31. The standard InChI is InChI=1S/C15H20BrN3OS/c1-2-17-15(18-9-7-12-4-3-11-20-12)19-10-8-13-5-6-14(16)21-13/h3-6,11H,2,7-10H2,1H3,(H2,17,18,19). The molecule has 0 aliphatic rings. The van der Waals surface area contributed by atoms with E-state index in [4.69, 9.17) is 4.42 Å². The van der Waals surface area contributed by atoms with Crippen LogP contribution in [0.1, 0.15) is 17.6 Å². The molecule has 0 bridgehead atoms. The van der Waals surface area contributed by atoms with E-state index >= 15 is 0 Å². The number of aliphatic imine (C=N–C) groups is 1. The maximum Gasteiger partial charge on any atom is 0.191 e. The molecule has 0 fully saturated rings. The van der Waals surface area contributed by atoms with Gasteiger partial charge >= 0.3 is 0 Å². The van der Waals surface area contributed by atoms with Crippen molar-refractivity contribution in [2.75, 3.05) is 19.6 Å². The first-order valence-electron chi connectivity index (χ1n) is 7.06. The summed E-state index contributed by atoms with van der Waals surface area (Å²) in [5, 5.41) is 6.58. The Morgan fingerprint density at radius 3 is 2.86 bits per heavy atom. The molecule has 2 aromatic rings. The lowest BCUT2D eigenvalue weighted by molar-refractivity contribution is 0.507. The highest BCUT2D eigenvalue weighted by Gasteiger charge is 2.00. The summed E-state index contributed by atoms with van der Waals surface area (Å²) in [5.41, 5.74) is 0. The van der Waals surface area contributed by atoms with Crippen molar-refractivity contribution < 1.29 is 4.42 Å². The lowest BCUT2D eigenvalue weighted by atomic mass is 10.3. The molecule has 0 saturated carbocycles. The van der Waals surface area contributed by atoms with Gasteiger partial charge in [0.1, 0.15) is 5.76 Å². The molecular weight excluding hydrogens is 350 g/mol. The summed E-state index contributed by atoms with van der Waals surface area (Å²) in [6.07, 6.45) is 3.52. The lowest BCUT2D eigenvalue weighted by Gasteiger charge is -2.10. The van der Waals surface area contributed by atoms with Gasteiger partial charge in [-0.3, -0.25) is 4.99 Å². The first-order chi connectivity index (χ1) is 10.3. The Labute approximate surface area is 137 Å². The lowest BCUT2D eigenvalue weighted by Crippen LogP contribution is -2.38. The van der Waals surface area contributed by atoms with Crippen LogP contribution in [0.15, 0.2) is 43.7 Å². The number of nitrogens with zero attached hydrogens (tertiary/aromatic N) is 1. The van der Waals surface area contributed by atoms with Crippen molar-refractivity contribution in [1.29, 1.82) is 0 Å². The minimum absolute atomic E-state index is 0.781. The van der Waals surface area contributed by atoms with E-state index in [9.17, 15) is 0 Å². The number of hydrogen-bond donors (Lipinski definition) is 2. The molecule has 0 amide bonds. The van der Waals surface area contributed by atoms with Crippen molar-refractivity contribution in [3.63, 3.8) is 0 Å². The Morgan fingerprint density at radius 2 is 2.19 bits per heavy atom. The Kier molecular flexibility index (Phi) is 6.82. The molecule has 2 heterocycles. The minimum atomic E-state index is 0.781. The van der Waals surface area contributed by atoms with Crippen molar-refractivity contribution in [3.8, 4) is 0 Å². The highest BCUT2D eigenvalue weighted by Crippen LogP contribution is 2.22. The fourth-order valence-corrected chi connectivity index (χ4v) is 3.34. The summed E-state index contributed by atoms with van der Waals surface area (Å²) in [6.45, 7) is 4.52. The molecule has 2 aromatic heterocycles. The highest BCUT2D eigenvalue weighted by atomic mass is 79.9. The third-order valence-electron chi connectivity index (χ3n) is 2.85. The summed E-state index contributed by atoms with van der Waals surface area (Å²) < 4.78 is 6.48. The molecule has 0 aliphatic carbocycles. The van der Waals surface area contributed by atoms with Gasteiger partial charge in [-0.05, 0) is 47.1 Å². The van der Waals surface area contributed by atoms with Crippen molar-refractivity contribution >= 4 is 33.2 Å². The monoisotopic (exact) mass is 369 g/mol. The second kappa shape index (κ2) is 8.89. The summed E-state index contributed by atoms with van der Waals surface area (Å²) in [5.74, 6) is 1.85. The van der Waals surface area contributed by atoms with Gasteiger partial charge in [0, 0.05) is 37.4 Å². The molecule has 0 aliphatic heterocycles. The largest absolute Gasteiger partial charge is 0.469 e. The van der Waals surface area contributed by atoms with E-state index in [1.165, 1.54) is 8.66 Å². The van der Waals surface area contributed by atoms with Gasteiger partial charge in [-0.25, -0.2) is 0 Å². The fraction of sp³-hybridized carbons (Fsp3) is 0.400. The molecule has 0 saturated heterocycles. The summed E-state index contributed by atoms with van der Waals surface area (Å²) in [6, 6.07) is 8.12. The molecular formula is C15H20BrN3OS. The molecule has 21 heavy (non-hydrogen) atoms. The van der Waals surface area contributed by atoms with Gasteiger partial charge in [0.25, 0.3) is 0 Å². The number of nitrogens with one attached hydrogen (secondary N) is 2. The van der Waals surface area contributed by atoms with E-state index < -0.39 is 0 Å². The van der Waals surface area contributed by atoms with Gasteiger partial charge in [-0.2, -0.15) is 0 Å². The van der Waals surface area contributed by atoms with Crippen molar-refractivity contribution in [3.05, 3.63) is 45.0 Å². The van der Waals surface area contributed by atoms with Crippen LogP contribution in [-0.4, -0.2) is 25.6 Å². The van der Waals surface area contributed by atoms with E-state index in [-0.39, 0.29) is 0 Å². The SMILES string of the molecule is CCNC(=NCCc1ccc(Br)s1)NCCc1ccco1. The zero-order valence-electron chi connectivity index (χ0n) is 12.1. The van der Waals surface area contributed by atoms with Crippen LogP contribution in [0.25, 0.3) is 0 Å². The van der Waals surface area contributed by atoms with E-state index in [1.807, 2.05) is 12.1 Å². The molecule has 0 radical (unpaired) electrons. The van der Waals surface area contributed by atoms with Crippen LogP contribution in [0.4, 0.5) is 0 Å². The Balaban J connectivity index is 1.75. The van der Waals surface area contributed by atoms with Gasteiger partial charge in [0.2, 0.25) is 0 Å². The molecule has 4 nitrogen and oxygen atoms in total. The first kappa shape index (κ1) is 16.1. The van der Waals surface area contributed by atoms with Crippen LogP contribution in [0.3, 0.4) is 0 Å². The van der Waals surface area contributed by atoms with E-state index in [2.05, 4.69) is 50.6 Å². The molecule has 0 aromatic carbocycles. The van der Waals surface area contributed by atoms with Crippen molar-refractivity contribution in [1.82, 2.24) is 10.6 Å². The zero-order valence-corrected chi connectivity index (χ0v) is 14.5. The Morgan fingerprint density at radius 1 is 1.29 bits per heavy atom. The van der Waals surface area contributed by atoms with Gasteiger partial charge in [0.15, 0.2) is 5.96 Å². The van der Waals surface area contributed by atoms with E-state index in [1.54, 1.807) is 17.6 Å². The van der Waals surface area contributed by atoms with Crippen LogP contribution in [0.2, 0.25) is 0 Å². The summed E-state index contributed by atoms with van der Waals surface area (Å²) in [4.78, 5) is 5.94. The number of guanidine groups is 1. The third kappa shape index (κ3) is 5.93. The van der Waals surface area contributed by atoms with Crippen molar-refractivity contribution in [2.24, 2.45) is 4.99 Å². The van der Waals surface area contributed by atoms with E-state index in [0.717, 1.165) is 44.2 Å². The predicted molar refractivity (Wildman–Crippen MR) is 92.1 cm³/mol. The van der Waals surface area contributed by atoms with Crippen molar-refractivity contribution in [2.45, 2.75) is 19.8 Å². The van der Waals surface area contributed by atoms with Crippen LogP contribution in [-0.2, 0) is 12.8 Å². The van der Waals surface area contributed by atoms with Crippen LogP contribution in [0, 0.1) is 0 Å². The normalized spacial score (nSPS) is 11.6. The highest BCUT2D eigenvalue weighted by molar-refractivity contribution is 9.11. The van der Waals surface area contributed by atoms with Crippen LogP contribution < -0.4 is 10.6 Å². The van der Waals surface area contributed by atoms with Gasteiger partial charge < -0.3 is 15.1 Å². The van der Waals surface area contributed by atoms with E-state index in [0.29, 0.717) is 0 Å². The average Bonchev–Trinajstić information content (AvgIpc) is 3.11. The first-order valence-corrected chi connectivity index (χ1v) is 8.67. The predicted octanol–water partition coefficient (Wildman–Crippen LogP) is 3.44. The van der Waals surface area contributed by atoms with Gasteiger partial charge in [0.05, 0.1) is 10.0 Å². The Hall–Kier alpha value is -1.27. The molecule has 6 heteroatoms. The number of halogens is 1. The number of thiophene rings is 1. The smallest absolute Gasteiger partial charge is 0.191 e. The Bertz CT molecular complexity index is 551. The second-order valence-corrected chi connectivity index (χ2v) is 7.02. The maximum absolute atomic E-state index is 5.31. The molecule has 0 spiro atoms. The molecule has 0 unspecified atom stereocenters. The van der Waals surface area contributed by atoms with Crippen LogP contribution in [0.5, 0.6) is 0 Å². The van der Waals surface area contributed by atoms with Gasteiger partial charge in [-0.1, -0.05) is 0 Å². The fourth-order valence-electron chi connectivity index (χ4n) is 1.86. The molecule has 2 rings (SSSR count). The molecule has 2 N–H and O–H groups in total. The minimum Gasteiger partial charge on any atom is -0.469 e. The number of hydrogen-bond acceptors (Lipinski definition) is 3. The average molecular weight is 370 g/mol. The number of rotatable bonds is 7. The summed E-state index contributed by atoms with van der Waals surface area (Å²) in [7, 11) is 0. The van der Waals surface area contributed by atoms with Gasteiger partial charge in [-0.15, -0.1) is 11.3 Å². The third-order valence-corrected chi connectivity index (χ3v) is 4.53. The summed E-state index contributed by atoms with van der Waals surface area (Å²) >= 11 is 5.24. The second-order valence-electron chi connectivity index (χ2n) is 4.47. The molecule has 0 atom stereocenters. The molecule has 114 valence electrons. The van der Waals surface area contributed by atoms with Crippen LogP contribution >= 0.6 is 27.3 Å². The topological polar surface area (TPSA) is 49.6 Å².